The van der Waals surface area contributed by atoms with Crippen LogP contribution in [0.15, 0.2) is 41.0 Å². The number of anilines is 1. The molecule has 0 saturated carbocycles. The highest BCUT2D eigenvalue weighted by Gasteiger charge is 2.15. The van der Waals surface area contributed by atoms with E-state index in [2.05, 4.69) is 31.5 Å². The Hall–Kier alpha value is -1.99. The molecule has 0 spiro atoms. The Morgan fingerprint density at radius 1 is 1.32 bits per heavy atom. The summed E-state index contributed by atoms with van der Waals surface area (Å²) < 4.78 is 6.13. The fourth-order valence-corrected chi connectivity index (χ4v) is 2.30. The fourth-order valence-electron chi connectivity index (χ4n) is 1.87. The van der Waals surface area contributed by atoms with E-state index in [1.165, 1.54) is 7.11 Å². The van der Waals surface area contributed by atoms with E-state index in [1.54, 1.807) is 24.4 Å². The van der Waals surface area contributed by atoms with Gasteiger partial charge in [0.15, 0.2) is 5.11 Å². The molecule has 22 heavy (non-hydrogen) atoms. The number of carbonyl (C=O) groups is 1. The van der Waals surface area contributed by atoms with Gasteiger partial charge in [0.2, 0.25) is 0 Å². The van der Waals surface area contributed by atoms with E-state index < -0.39 is 0 Å². The molecule has 1 aromatic heterocycles. The minimum Gasteiger partial charge on any atom is -0.496 e. The second kappa shape index (κ2) is 7.33. The number of halogens is 1. The summed E-state index contributed by atoms with van der Waals surface area (Å²) in [4.78, 5) is 16.4. The van der Waals surface area contributed by atoms with E-state index in [1.807, 2.05) is 19.1 Å². The maximum atomic E-state index is 12.3. The first kappa shape index (κ1) is 16.4. The highest BCUT2D eigenvalue weighted by molar-refractivity contribution is 9.10. The Balaban J connectivity index is 2.07. The number of methoxy groups -OCH3 is 1. The number of thiocarbonyl (C=S) groups is 1. The number of aromatic nitrogens is 1. The van der Waals surface area contributed by atoms with E-state index in [0.29, 0.717) is 17.1 Å². The third-order valence-corrected chi connectivity index (χ3v) is 3.53. The Labute approximate surface area is 142 Å². The number of rotatable bonds is 3. The molecule has 0 bridgehead atoms. The van der Waals surface area contributed by atoms with Crippen LogP contribution in [-0.4, -0.2) is 23.1 Å². The Morgan fingerprint density at radius 3 is 2.73 bits per heavy atom. The van der Waals surface area contributed by atoms with Crippen molar-refractivity contribution in [1.29, 1.82) is 0 Å². The molecule has 2 aromatic rings. The third kappa shape index (κ3) is 4.02. The number of hydrogen-bond donors (Lipinski definition) is 2. The van der Waals surface area contributed by atoms with Gasteiger partial charge in [0, 0.05) is 10.7 Å². The maximum absolute atomic E-state index is 12.3. The van der Waals surface area contributed by atoms with Gasteiger partial charge in [0.1, 0.15) is 11.6 Å². The molecule has 0 fully saturated rings. The Morgan fingerprint density at radius 2 is 2.09 bits per heavy atom. The van der Waals surface area contributed by atoms with Gasteiger partial charge in [-0.25, -0.2) is 4.98 Å². The van der Waals surface area contributed by atoms with E-state index in [0.717, 1.165) is 10.0 Å². The van der Waals surface area contributed by atoms with Crippen molar-refractivity contribution in [2.45, 2.75) is 6.92 Å². The molecule has 5 nitrogen and oxygen atoms in total. The van der Waals surface area contributed by atoms with Gasteiger partial charge >= 0.3 is 0 Å². The molecule has 7 heteroatoms. The van der Waals surface area contributed by atoms with Gasteiger partial charge in [-0.3, -0.25) is 10.1 Å². The molecule has 1 amide bonds. The average molecular weight is 380 g/mol. The molecule has 114 valence electrons. The number of para-hydroxylation sites is 1. The van der Waals surface area contributed by atoms with Crippen LogP contribution in [0.25, 0.3) is 0 Å². The van der Waals surface area contributed by atoms with E-state index >= 15 is 0 Å². The van der Waals surface area contributed by atoms with E-state index in [9.17, 15) is 4.79 Å². The number of benzene rings is 1. The van der Waals surface area contributed by atoms with Gasteiger partial charge in [0.05, 0.1) is 12.7 Å². The first-order valence-electron chi connectivity index (χ1n) is 6.38. The standard InChI is InChI=1S/C15H14BrN3O2S/c1-9-4-3-5-11(13(9)21-2)14(20)19-15(22)18-12-7-6-10(16)8-17-12/h3-8H,1-2H3,(H2,17,18,19,20,22). The molecule has 0 unspecified atom stereocenters. The zero-order valence-corrected chi connectivity index (χ0v) is 14.4. The van der Waals surface area contributed by atoms with Crippen molar-refractivity contribution in [2.75, 3.05) is 12.4 Å². The van der Waals surface area contributed by atoms with Gasteiger partial charge in [-0.2, -0.15) is 0 Å². The number of pyridine rings is 1. The van der Waals surface area contributed by atoms with Crippen LogP contribution < -0.4 is 15.4 Å². The second-order valence-corrected chi connectivity index (χ2v) is 5.75. The number of carbonyl (C=O) groups excluding carboxylic acids is 1. The van der Waals surface area contributed by atoms with Crippen LogP contribution in [0.5, 0.6) is 5.75 Å². The topological polar surface area (TPSA) is 63.2 Å². The smallest absolute Gasteiger partial charge is 0.261 e. The lowest BCUT2D eigenvalue weighted by molar-refractivity contribution is 0.0974. The van der Waals surface area contributed by atoms with Crippen LogP contribution in [0.3, 0.4) is 0 Å². The van der Waals surface area contributed by atoms with Gasteiger partial charge < -0.3 is 10.1 Å². The Kier molecular flexibility index (Phi) is 5.46. The molecule has 0 aliphatic rings. The van der Waals surface area contributed by atoms with Crippen molar-refractivity contribution in [3.8, 4) is 5.75 Å². The van der Waals surface area contributed by atoms with E-state index in [-0.39, 0.29) is 11.0 Å². The molecule has 0 aliphatic carbocycles. The largest absolute Gasteiger partial charge is 0.496 e. The number of nitrogens with zero attached hydrogens (tertiary/aromatic N) is 1. The SMILES string of the molecule is COc1c(C)cccc1C(=O)NC(=S)Nc1ccc(Br)cn1. The highest BCUT2D eigenvalue weighted by atomic mass is 79.9. The quantitative estimate of drug-likeness (QED) is 0.801. The van der Waals surface area contributed by atoms with Crippen molar-refractivity contribution in [3.05, 3.63) is 52.1 Å². The molecule has 0 radical (unpaired) electrons. The number of amides is 1. The zero-order chi connectivity index (χ0) is 16.1. The van der Waals surface area contributed by atoms with Crippen LogP contribution in [0.2, 0.25) is 0 Å². The maximum Gasteiger partial charge on any atom is 0.261 e. The van der Waals surface area contributed by atoms with Crippen LogP contribution in [-0.2, 0) is 0 Å². The van der Waals surface area contributed by atoms with Crippen LogP contribution in [0, 0.1) is 6.92 Å². The summed E-state index contributed by atoms with van der Waals surface area (Å²) in [7, 11) is 1.53. The minimum absolute atomic E-state index is 0.170. The lowest BCUT2D eigenvalue weighted by Crippen LogP contribution is -2.34. The lowest BCUT2D eigenvalue weighted by Gasteiger charge is -2.12. The van der Waals surface area contributed by atoms with Crippen molar-refractivity contribution < 1.29 is 9.53 Å². The summed E-state index contributed by atoms with van der Waals surface area (Å²) in [5, 5.41) is 5.63. The second-order valence-electron chi connectivity index (χ2n) is 4.43. The van der Waals surface area contributed by atoms with Crippen LogP contribution >= 0.6 is 28.1 Å². The summed E-state index contributed by atoms with van der Waals surface area (Å²) in [6.07, 6.45) is 1.64. The molecular formula is C15H14BrN3O2S. The summed E-state index contributed by atoms with van der Waals surface area (Å²) in [5.41, 5.74) is 1.30. The first-order valence-corrected chi connectivity index (χ1v) is 7.59. The summed E-state index contributed by atoms with van der Waals surface area (Å²) in [6, 6.07) is 8.91. The zero-order valence-electron chi connectivity index (χ0n) is 12.0. The summed E-state index contributed by atoms with van der Waals surface area (Å²) in [6.45, 7) is 1.87. The molecule has 1 heterocycles. The first-order chi connectivity index (χ1) is 10.5. The monoisotopic (exact) mass is 379 g/mol. The number of nitrogens with one attached hydrogen (secondary N) is 2. The van der Waals surface area contributed by atoms with Crippen LogP contribution in [0.1, 0.15) is 15.9 Å². The van der Waals surface area contributed by atoms with Crippen molar-refractivity contribution in [1.82, 2.24) is 10.3 Å². The summed E-state index contributed by atoms with van der Waals surface area (Å²) >= 11 is 8.42. The number of aryl methyl sites for hydroxylation is 1. The molecular weight excluding hydrogens is 366 g/mol. The highest BCUT2D eigenvalue weighted by Crippen LogP contribution is 2.22. The van der Waals surface area contributed by atoms with E-state index in [4.69, 9.17) is 17.0 Å². The normalized spacial score (nSPS) is 9.95. The molecule has 2 rings (SSSR count). The van der Waals surface area contributed by atoms with Gasteiger partial charge in [-0.15, -0.1) is 0 Å². The predicted molar refractivity (Wildman–Crippen MR) is 93.4 cm³/mol. The lowest BCUT2D eigenvalue weighted by atomic mass is 10.1. The van der Waals surface area contributed by atoms with Gasteiger partial charge in [0.25, 0.3) is 5.91 Å². The molecule has 2 N–H and O–H groups in total. The van der Waals surface area contributed by atoms with Crippen molar-refractivity contribution in [2.24, 2.45) is 0 Å². The molecule has 1 aromatic carbocycles. The molecule has 0 saturated heterocycles. The van der Waals surface area contributed by atoms with Crippen molar-refractivity contribution >= 4 is 45.0 Å². The fraction of sp³-hybridized carbons (Fsp3) is 0.133. The molecule has 0 atom stereocenters. The Bertz CT molecular complexity index is 704. The van der Waals surface area contributed by atoms with Crippen LogP contribution in [0.4, 0.5) is 5.82 Å². The summed E-state index contributed by atoms with van der Waals surface area (Å²) in [5.74, 6) is 0.740. The number of ether oxygens (including phenoxy) is 1. The van der Waals surface area contributed by atoms with Gasteiger partial charge in [-0.05, 0) is 58.8 Å². The van der Waals surface area contributed by atoms with Gasteiger partial charge in [-0.1, -0.05) is 12.1 Å². The predicted octanol–water partition coefficient (Wildman–Crippen LogP) is 3.29. The van der Waals surface area contributed by atoms with Crippen molar-refractivity contribution in [3.63, 3.8) is 0 Å². The minimum atomic E-state index is -0.338. The molecule has 0 aliphatic heterocycles. The average Bonchev–Trinajstić information content (AvgIpc) is 2.49. The third-order valence-electron chi connectivity index (χ3n) is 2.86. The number of hydrogen-bond acceptors (Lipinski definition) is 4.